The lowest BCUT2D eigenvalue weighted by atomic mass is 9.96. The van der Waals surface area contributed by atoms with Gasteiger partial charge in [0.05, 0.1) is 45.6 Å². The summed E-state index contributed by atoms with van der Waals surface area (Å²) in [6, 6.07) is 53.5. The van der Waals surface area contributed by atoms with Crippen molar-refractivity contribution >= 4 is 82.5 Å². The molecular weight excluding hydrogens is 1170 g/mol. The Bertz CT molecular complexity index is 3420. The Morgan fingerprint density at radius 3 is 0.882 bits per heavy atom. The van der Waals surface area contributed by atoms with Gasteiger partial charge in [-0.05, 0) is 84.9 Å². The van der Waals surface area contributed by atoms with Gasteiger partial charge in [0, 0.05) is 0 Å². The van der Waals surface area contributed by atoms with Crippen LogP contribution in [0.2, 0.25) is 0 Å². The number of nitrogens with one attached hydrogen (secondary N) is 1. The topological polar surface area (TPSA) is 245 Å². The molecule has 2 heterocycles. The molecule has 7 aromatic rings. The third kappa shape index (κ3) is 15.8. The average molecular weight is 1220 g/mol. The summed E-state index contributed by atoms with van der Waals surface area (Å²) in [4.78, 5) is 99.5. The summed E-state index contributed by atoms with van der Waals surface area (Å²) in [6.07, 6.45) is -19.0. The predicted molar refractivity (Wildman–Crippen MR) is 303 cm³/mol. The number of ether oxygens (including phenoxy) is 11. The number of carbonyl (C=O) groups is 7. The molecule has 0 bridgehead atoms. The van der Waals surface area contributed by atoms with Gasteiger partial charge in [-0.1, -0.05) is 162 Å². The van der Waals surface area contributed by atoms with Crippen LogP contribution in [0.5, 0.6) is 0 Å². The van der Waals surface area contributed by atoms with E-state index in [0.717, 1.165) is 0 Å². The summed E-state index contributed by atoms with van der Waals surface area (Å²) in [7, 11) is 0. The predicted octanol–water partition coefficient (Wildman–Crippen LogP) is 10.0. The first kappa shape index (κ1) is 60.6. The highest BCUT2D eigenvalue weighted by Gasteiger charge is 2.57. The number of esters is 7. The van der Waals surface area contributed by atoms with E-state index >= 15 is 0 Å². The van der Waals surface area contributed by atoms with Gasteiger partial charge < -0.3 is 52.1 Å². The molecule has 2 saturated heterocycles. The highest BCUT2D eigenvalue weighted by atomic mass is 35.6. The van der Waals surface area contributed by atoms with Crippen molar-refractivity contribution in [1.82, 2.24) is 0 Å². The number of carbonyl (C=O) groups excluding carboxylic acids is 7. The van der Waals surface area contributed by atoms with Crippen LogP contribution in [0.15, 0.2) is 212 Å². The second-order valence-corrected chi connectivity index (χ2v) is 21.0. The van der Waals surface area contributed by atoms with Crippen LogP contribution in [0.3, 0.4) is 0 Å². The molecule has 2 aliphatic heterocycles. The van der Waals surface area contributed by atoms with Crippen molar-refractivity contribution in [3.8, 4) is 0 Å². The number of halogens is 3. The van der Waals surface area contributed by atoms with E-state index in [1.54, 1.807) is 127 Å². The van der Waals surface area contributed by atoms with Gasteiger partial charge in [0.15, 0.2) is 36.8 Å². The fourth-order valence-corrected chi connectivity index (χ4v) is 8.97. The molecule has 9 rings (SSSR count). The standard InChI is InChI=1S/C63H50Cl3NO18/c64-63(65,66)62(67)85-61-52(84-59(74)44-34-20-7-21-35-44)50(82-57(72)42-30-16-5-17-31-42)48(80-55(70)40-26-12-3-13-27-40)46(78-61)37-76-60-51(83-58(73)43-32-18-6-19-33-43)49(81-56(71)41-28-14-4-15-29-41)47(79-54(69)39-24-10-2-11-25-39)45(77-60)36-75-53(68)38-22-8-1-9-23-38/h1-35,45-52,60-61,67H,36-37H2/t45-,46-,47+,48+,49+,50+,51-,52-,60-,61-/m1/s1. The smallest absolute Gasteiger partial charge is 0.338 e. The van der Waals surface area contributed by atoms with Gasteiger partial charge in [-0.3, -0.25) is 5.41 Å². The molecule has 1 N–H and O–H groups in total. The quantitative estimate of drug-likeness (QED) is 0.0260. The molecule has 19 nitrogen and oxygen atoms in total. The Kier molecular flexibility index (Phi) is 20.4. The Balaban J connectivity index is 1.17. The lowest BCUT2D eigenvalue weighted by Gasteiger charge is -2.46. The van der Waals surface area contributed by atoms with Gasteiger partial charge >= 0.3 is 41.8 Å². The molecule has 2 aliphatic rings. The third-order valence-corrected chi connectivity index (χ3v) is 13.5. The first-order valence-corrected chi connectivity index (χ1v) is 27.3. The van der Waals surface area contributed by atoms with Gasteiger partial charge in [-0.15, -0.1) is 0 Å². The lowest BCUT2D eigenvalue weighted by molar-refractivity contribution is -0.321. The molecule has 436 valence electrons. The fraction of sp³-hybridized carbons (Fsp3) is 0.206. The van der Waals surface area contributed by atoms with E-state index in [0.29, 0.717) is 0 Å². The van der Waals surface area contributed by atoms with Crippen molar-refractivity contribution in [3.05, 3.63) is 251 Å². The van der Waals surface area contributed by atoms with Crippen molar-refractivity contribution in [2.45, 2.75) is 65.2 Å². The second kappa shape index (κ2) is 28.6. The first-order chi connectivity index (χ1) is 41.1. The number of alkyl halides is 3. The summed E-state index contributed by atoms with van der Waals surface area (Å²) in [5.74, 6) is -8.04. The minimum atomic E-state index is -2.59. The maximum Gasteiger partial charge on any atom is 0.338 e. The fourth-order valence-electron chi connectivity index (χ4n) is 8.84. The van der Waals surface area contributed by atoms with Crippen LogP contribution < -0.4 is 0 Å². The molecule has 0 saturated carbocycles. The Morgan fingerprint density at radius 1 is 0.329 bits per heavy atom. The van der Waals surface area contributed by atoms with Crippen molar-refractivity contribution in [2.75, 3.05) is 13.2 Å². The van der Waals surface area contributed by atoms with E-state index in [-0.39, 0.29) is 38.9 Å². The van der Waals surface area contributed by atoms with Crippen LogP contribution in [-0.4, -0.2) is 126 Å². The molecule has 85 heavy (non-hydrogen) atoms. The van der Waals surface area contributed by atoms with Crippen molar-refractivity contribution < 1.29 is 85.7 Å². The molecule has 2 fully saturated rings. The van der Waals surface area contributed by atoms with E-state index in [4.69, 9.17) is 92.3 Å². The molecule has 7 aromatic carbocycles. The number of hydrogen-bond donors (Lipinski definition) is 1. The summed E-state index contributed by atoms with van der Waals surface area (Å²) >= 11 is 18.5. The Hall–Kier alpha value is -8.95. The number of benzene rings is 7. The van der Waals surface area contributed by atoms with Gasteiger partial charge in [0.2, 0.25) is 18.3 Å². The lowest BCUT2D eigenvalue weighted by Crippen LogP contribution is -2.65. The van der Waals surface area contributed by atoms with Gasteiger partial charge in [-0.2, -0.15) is 0 Å². The Morgan fingerprint density at radius 2 is 0.576 bits per heavy atom. The minimum absolute atomic E-state index is 0.00328. The third-order valence-electron chi connectivity index (χ3n) is 13.0. The van der Waals surface area contributed by atoms with E-state index < -0.39 is 126 Å². The number of rotatable bonds is 19. The van der Waals surface area contributed by atoms with Crippen molar-refractivity contribution in [3.63, 3.8) is 0 Å². The molecule has 0 spiro atoms. The molecule has 0 unspecified atom stereocenters. The van der Waals surface area contributed by atoms with Crippen molar-refractivity contribution in [1.29, 1.82) is 5.41 Å². The first-order valence-electron chi connectivity index (χ1n) is 26.1. The van der Waals surface area contributed by atoms with Crippen LogP contribution in [0.4, 0.5) is 0 Å². The number of hydrogen-bond acceptors (Lipinski definition) is 19. The highest BCUT2D eigenvalue weighted by molar-refractivity contribution is 6.76. The summed E-state index contributed by atoms with van der Waals surface area (Å²) < 4.78 is 65.8. The molecule has 22 heteroatoms. The van der Waals surface area contributed by atoms with E-state index in [1.165, 1.54) is 84.9 Å². The zero-order chi connectivity index (χ0) is 59.9. The SMILES string of the molecule is N=C(O[C@H]1O[C@H](CO[C@@H]2O[C@H](COC(=O)c3ccccc3)[C@H](OC(=O)c3ccccc3)[C@H](OC(=O)c3ccccc3)[C@H]2OC(=O)c2ccccc2)[C@H](OC(=O)c2ccccc2)[C@H](OC(=O)c2ccccc2)[C@H]1OC(=O)c1ccccc1)C(Cl)(Cl)Cl. The Labute approximate surface area is 500 Å². The molecule has 0 radical (unpaired) electrons. The summed E-state index contributed by atoms with van der Waals surface area (Å²) in [5, 5.41) is 8.69. The van der Waals surface area contributed by atoms with Crippen LogP contribution in [0.1, 0.15) is 72.5 Å². The molecule has 0 aliphatic carbocycles. The molecule has 0 amide bonds. The zero-order valence-corrected chi connectivity index (χ0v) is 46.6. The van der Waals surface area contributed by atoms with E-state index in [1.807, 2.05) is 0 Å². The van der Waals surface area contributed by atoms with Crippen LogP contribution >= 0.6 is 34.8 Å². The summed E-state index contributed by atoms with van der Waals surface area (Å²) in [5.41, 5.74) is 0.0944. The minimum Gasteiger partial charge on any atom is -0.459 e. The summed E-state index contributed by atoms with van der Waals surface area (Å²) in [6.45, 7) is -1.64. The molecule has 0 aromatic heterocycles. The average Bonchev–Trinajstić information content (AvgIpc) is 3.64. The van der Waals surface area contributed by atoms with Crippen LogP contribution in [-0.2, 0) is 52.1 Å². The van der Waals surface area contributed by atoms with Crippen LogP contribution in [0, 0.1) is 5.41 Å². The second-order valence-electron chi connectivity index (χ2n) is 18.7. The van der Waals surface area contributed by atoms with E-state index in [2.05, 4.69) is 0 Å². The van der Waals surface area contributed by atoms with Gasteiger partial charge in [0.1, 0.15) is 18.8 Å². The molecule has 10 atom stereocenters. The maximum absolute atomic E-state index is 14.4. The van der Waals surface area contributed by atoms with Crippen molar-refractivity contribution in [2.24, 2.45) is 0 Å². The van der Waals surface area contributed by atoms with Crippen LogP contribution in [0.25, 0.3) is 0 Å². The van der Waals surface area contributed by atoms with Gasteiger partial charge in [0.25, 0.3) is 3.79 Å². The monoisotopic (exact) mass is 1210 g/mol. The zero-order valence-electron chi connectivity index (χ0n) is 44.4. The largest absolute Gasteiger partial charge is 0.459 e. The normalized spacial score (nSPS) is 21.8. The maximum atomic E-state index is 14.4. The van der Waals surface area contributed by atoms with E-state index in [9.17, 15) is 33.6 Å². The highest BCUT2D eigenvalue weighted by Crippen LogP contribution is 2.37. The molecular formula is C63H50Cl3NO18. The van der Waals surface area contributed by atoms with Gasteiger partial charge in [-0.25, -0.2) is 33.6 Å².